The summed E-state index contributed by atoms with van der Waals surface area (Å²) in [6, 6.07) is 48.8. The number of carbonyl (C=O) groups is 2. The van der Waals surface area contributed by atoms with E-state index in [9.17, 15) is 20.1 Å². The molecule has 81 heavy (non-hydrogen) atoms. The van der Waals surface area contributed by atoms with Crippen LogP contribution in [-0.4, -0.2) is 38.1 Å². The summed E-state index contributed by atoms with van der Waals surface area (Å²) in [5.41, 5.74) is 11.3. The molecule has 8 heteroatoms. The van der Waals surface area contributed by atoms with E-state index in [2.05, 4.69) is 84.3 Å². The molecule has 0 atom stereocenters. The Morgan fingerprint density at radius 3 is 1.28 bits per heavy atom. The lowest BCUT2D eigenvalue weighted by Gasteiger charge is -2.34. The zero-order valence-corrected chi connectivity index (χ0v) is 48.5. The first kappa shape index (κ1) is 58.0. The minimum Gasteiger partial charge on any atom is -0.422 e. The second-order valence-electron chi connectivity index (χ2n) is 23.1. The third-order valence-electron chi connectivity index (χ3n) is 17.4. The van der Waals surface area contributed by atoms with Gasteiger partial charge in [-0.15, -0.1) is 0 Å². The molecule has 9 rings (SSSR count). The van der Waals surface area contributed by atoms with Gasteiger partial charge < -0.3 is 19.3 Å². The molecule has 6 aromatic carbocycles. The monoisotopic (exact) mass is 1080 g/mol. The number of anilines is 2. The van der Waals surface area contributed by atoms with E-state index >= 15 is 0 Å². The van der Waals surface area contributed by atoms with E-state index in [1.54, 1.807) is 36.4 Å². The van der Waals surface area contributed by atoms with Gasteiger partial charge in [-0.05, 0) is 181 Å². The first-order valence-electron chi connectivity index (χ1n) is 30.4. The summed E-state index contributed by atoms with van der Waals surface area (Å²) >= 11 is 0. The van der Waals surface area contributed by atoms with Crippen molar-refractivity contribution >= 4 is 35.5 Å². The Kier molecular flexibility index (Phi) is 20.2. The third kappa shape index (κ3) is 13.9. The molecule has 0 bridgehead atoms. The van der Waals surface area contributed by atoms with E-state index < -0.39 is 17.4 Å². The molecule has 0 radical (unpaired) electrons. The van der Waals surface area contributed by atoms with Gasteiger partial charge in [0.1, 0.15) is 34.8 Å². The van der Waals surface area contributed by atoms with Crippen molar-refractivity contribution in [2.75, 3.05) is 36.0 Å². The van der Waals surface area contributed by atoms with Gasteiger partial charge in [0.2, 0.25) is 0 Å². The molecule has 8 nitrogen and oxygen atoms in total. The molecule has 0 aliphatic heterocycles. The van der Waals surface area contributed by atoms with Gasteiger partial charge in [-0.3, -0.25) is 0 Å². The number of fused-ring (bicyclic) bond motifs is 3. The maximum atomic E-state index is 13.8. The number of esters is 2. The molecule has 418 valence electrons. The van der Waals surface area contributed by atoms with Gasteiger partial charge in [0.15, 0.2) is 0 Å². The second-order valence-corrected chi connectivity index (χ2v) is 23.1. The van der Waals surface area contributed by atoms with Crippen molar-refractivity contribution in [1.29, 1.82) is 10.5 Å². The van der Waals surface area contributed by atoms with Crippen LogP contribution in [-0.2, 0) is 15.0 Å². The lowest BCUT2D eigenvalue weighted by atomic mass is 9.68. The minimum absolute atomic E-state index is 0.0780. The van der Waals surface area contributed by atoms with Crippen LogP contribution in [0.15, 0.2) is 145 Å². The van der Waals surface area contributed by atoms with Gasteiger partial charge in [-0.2, -0.15) is 10.5 Å². The summed E-state index contributed by atoms with van der Waals surface area (Å²) in [5, 5.41) is 20.6. The average Bonchev–Trinajstić information content (AvgIpc) is 2.41. The quantitative estimate of drug-likeness (QED) is 0.0194. The molecule has 0 spiro atoms. The van der Waals surface area contributed by atoms with E-state index in [0.717, 1.165) is 81.8 Å². The zero-order chi connectivity index (χ0) is 56.6. The predicted molar refractivity (Wildman–Crippen MR) is 330 cm³/mol. The second kappa shape index (κ2) is 28.1. The van der Waals surface area contributed by atoms with Crippen LogP contribution in [0.1, 0.15) is 174 Å². The van der Waals surface area contributed by atoms with Crippen LogP contribution in [0, 0.1) is 48.3 Å². The van der Waals surface area contributed by atoms with Gasteiger partial charge in [0.05, 0.1) is 5.41 Å². The van der Waals surface area contributed by atoms with Crippen molar-refractivity contribution in [2.45, 2.75) is 149 Å². The average molecular weight is 1080 g/mol. The Balaban J connectivity index is 0.929. The largest absolute Gasteiger partial charge is 0.422 e. The van der Waals surface area contributed by atoms with E-state index in [1.165, 1.54) is 127 Å². The number of benzene rings is 6. The van der Waals surface area contributed by atoms with Crippen LogP contribution in [0.5, 0.6) is 11.5 Å². The minimum atomic E-state index is -0.802. The molecule has 3 aliphatic carbocycles. The van der Waals surface area contributed by atoms with Crippen molar-refractivity contribution in [3.63, 3.8) is 0 Å². The molecule has 0 heterocycles. The fourth-order valence-corrected chi connectivity index (χ4v) is 13.0. The first-order valence-corrected chi connectivity index (χ1v) is 30.4. The Morgan fingerprint density at radius 2 is 0.914 bits per heavy atom. The molecular formula is C73H82N4O4. The van der Waals surface area contributed by atoms with E-state index in [1.807, 2.05) is 74.5 Å². The first-order chi connectivity index (χ1) is 39.6. The summed E-state index contributed by atoms with van der Waals surface area (Å²) in [5.74, 6) is 0.619. The van der Waals surface area contributed by atoms with Gasteiger partial charge in [-0.1, -0.05) is 176 Å². The molecular weight excluding hydrogens is 997 g/mol. The Morgan fingerprint density at radius 1 is 0.519 bits per heavy atom. The predicted octanol–water partition coefficient (Wildman–Crippen LogP) is 17.6. The molecule has 0 amide bonds. The van der Waals surface area contributed by atoms with Gasteiger partial charge in [-0.25, -0.2) is 9.59 Å². The Bertz CT molecular complexity index is 3040. The summed E-state index contributed by atoms with van der Waals surface area (Å²) in [6.45, 7) is 12.8. The normalized spacial score (nSPS) is 15.2. The number of carbonyl (C=O) groups excluding carboxylic acids is 2. The lowest BCUT2D eigenvalue weighted by molar-refractivity contribution is -0.130. The molecule has 0 unspecified atom stereocenters. The molecule has 3 aliphatic rings. The highest BCUT2D eigenvalue weighted by Crippen LogP contribution is 2.56. The topological polar surface area (TPSA) is 107 Å². The van der Waals surface area contributed by atoms with Crippen LogP contribution >= 0.6 is 0 Å². The number of hydrogen-bond donors (Lipinski definition) is 0. The highest BCUT2D eigenvalue weighted by atomic mass is 16.5. The molecule has 2 saturated carbocycles. The summed E-state index contributed by atoms with van der Waals surface area (Å²) in [4.78, 5) is 32.7. The number of ether oxygens (including phenoxy) is 2. The molecule has 0 aromatic heterocycles. The van der Waals surface area contributed by atoms with Crippen LogP contribution in [0.3, 0.4) is 0 Å². The maximum absolute atomic E-state index is 13.8. The SMILES string of the molecule is CCCCCCN(CC1CCCCC1)c1ccc(C=C(C#N)C(=O)Oc2ccc(C3(c4ccc(OC(=O)C(C#N)=Cc5ccc(N(CCCCCC)CC6CCCCC6)cc5C)cc4)c4ccccc4-c4ccccc43)cc2)c(C)c1. The third-order valence-corrected chi connectivity index (χ3v) is 17.4. The number of rotatable bonds is 24. The van der Waals surface area contributed by atoms with Crippen molar-refractivity contribution in [3.8, 4) is 34.8 Å². The van der Waals surface area contributed by atoms with Crippen molar-refractivity contribution in [2.24, 2.45) is 11.8 Å². The highest BCUT2D eigenvalue weighted by Gasteiger charge is 2.46. The highest BCUT2D eigenvalue weighted by molar-refractivity contribution is 6.00. The molecule has 0 saturated heterocycles. The van der Waals surface area contributed by atoms with Gasteiger partial charge in [0, 0.05) is 37.6 Å². The smallest absolute Gasteiger partial charge is 0.354 e. The van der Waals surface area contributed by atoms with Crippen molar-refractivity contribution in [1.82, 2.24) is 0 Å². The van der Waals surface area contributed by atoms with Crippen LogP contribution in [0.25, 0.3) is 23.3 Å². The van der Waals surface area contributed by atoms with Gasteiger partial charge in [0.25, 0.3) is 0 Å². The van der Waals surface area contributed by atoms with E-state index in [0.29, 0.717) is 23.3 Å². The van der Waals surface area contributed by atoms with Gasteiger partial charge >= 0.3 is 11.9 Å². The standard InChI is InChI=1S/C73H82N4O4/c1-5-7-9-21-43-76(51-55-23-13-11-14-24-55)63-37-31-57(53(3)45-63)47-59(49-74)71(78)80-65-39-33-61(34-40-65)73(69-29-19-17-27-67(69)68-28-18-20-30-70(68)73)62-35-41-66(42-36-62)81-72(79)60(50-75)48-58-32-38-64(46-54(58)4)77(44-22-10-8-6-2)52-56-25-15-12-16-26-56/h17-20,27-42,45-48,55-56H,5-16,21-26,43-44,51-52H2,1-4H3. The summed E-state index contributed by atoms with van der Waals surface area (Å²) in [7, 11) is 0. The Labute approximate surface area is 483 Å². The molecule has 6 aromatic rings. The number of hydrogen-bond acceptors (Lipinski definition) is 8. The Hall–Kier alpha value is -7.68. The van der Waals surface area contributed by atoms with E-state index in [4.69, 9.17) is 9.47 Å². The zero-order valence-electron chi connectivity index (χ0n) is 48.5. The van der Waals surface area contributed by atoms with Crippen LogP contribution in [0.2, 0.25) is 0 Å². The number of nitrogens with zero attached hydrogens (tertiary/aromatic N) is 4. The van der Waals surface area contributed by atoms with Crippen LogP contribution in [0.4, 0.5) is 11.4 Å². The fraction of sp³-hybridized carbons (Fsp3) is 0.397. The number of aryl methyl sites for hydroxylation is 2. The van der Waals surface area contributed by atoms with Crippen LogP contribution < -0.4 is 19.3 Å². The summed E-state index contributed by atoms with van der Waals surface area (Å²) in [6.07, 6.45) is 26.1. The number of nitriles is 2. The van der Waals surface area contributed by atoms with Crippen molar-refractivity contribution in [3.05, 3.63) is 189 Å². The summed E-state index contributed by atoms with van der Waals surface area (Å²) < 4.78 is 11.9. The molecule has 0 N–H and O–H groups in total. The number of unbranched alkanes of at least 4 members (excludes halogenated alkanes) is 6. The van der Waals surface area contributed by atoms with E-state index in [-0.39, 0.29) is 11.1 Å². The fourth-order valence-electron chi connectivity index (χ4n) is 13.0. The maximum Gasteiger partial charge on any atom is 0.354 e. The molecule has 2 fully saturated rings. The van der Waals surface area contributed by atoms with Crippen molar-refractivity contribution < 1.29 is 19.1 Å². The lowest BCUT2D eigenvalue weighted by Crippen LogP contribution is -2.31.